The van der Waals surface area contributed by atoms with E-state index in [2.05, 4.69) is 6.92 Å². The van der Waals surface area contributed by atoms with Crippen molar-refractivity contribution in [2.24, 2.45) is 0 Å². The molecule has 1 aliphatic heterocycles. The summed E-state index contributed by atoms with van der Waals surface area (Å²) in [5, 5.41) is 21.0. The first-order valence-corrected chi connectivity index (χ1v) is 8.46. The van der Waals surface area contributed by atoms with Crippen LogP contribution in [0.4, 0.5) is 5.69 Å². The van der Waals surface area contributed by atoms with Gasteiger partial charge in [0.25, 0.3) is 0 Å². The van der Waals surface area contributed by atoms with Crippen LogP contribution in [0.15, 0.2) is 30.3 Å². The van der Waals surface area contributed by atoms with Crippen molar-refractivity contribution in [3.63, 3.8) is 0 Å². The lowest BCUT2D eigenvalue weighted by Crippen LogP contribution is -2.20. The Morgan fingerprint density at radius 2 is 1.83 bits per heavy atom. The van der Waals surface area contributed by atoms with Gasteiger partial charge >= 0.3 is 0 Å². The molecule has 0 radical (unpaired) electrons. The number of phenolic OH excluding ortho intramolecular Hbond substituents is 2. The van der Waals surface area contributed by atoms with Gasteiger partial charge in [-0.2, -0.15) is 0 Å². The lowest BCUT2D eigenvalue weighted by atomic mass is 9.94. The third-order valence-corrected chi connectivity index (χ3v) is 4.71. The number of hydrogen-bond donors (Lipinski definition) is 2. The Hall–Kier alpha value is -2.49. The van der Waals surface area contributed by atoms with E-state index in [1.165, 1.54) is 0 Å². The summed E-state index contributed by atoms with van der Waals surface area (Å²) in [4.78, 5) is 13.6. The predicted octanol–water partition coefficient (Wildman–Crippen LogP) is 4.02. The molecule has 0 aromatic heterocycles. The van der Waals surface area contributed by atoms with Gasteiger partial charge in [0.15, 0.2) is 0 Å². The summed E-state index contributed by atoms with van der Waals surface area (Å²) in [5.41, 5.74) is 3.76. The molecule has 4 nitrogen and oxygen atoms in total. The SMILES string of the molecule is CCCCCc1cc(O)c(-c2cccc3c2CC(=O)N3C)c(O)c1. The quantitative estimate of drug-likeness (QED) is 0.816. The summed E-state index contributed by atoms with van der Waals surface area (Å²) in [6.07, 6.45) is 4.43. The van der Waals surface area contributed by atoms with Crippen LogP contribution in [0.25, 0.3) is 11.1 Å². The predicted molar refractivity (Wildman–Crippen MR) is 95.6 cm³/mol. The molecule has 2 N–H and O–H groups in total. The van der Waals surface area contributed by atoms with Gasteiger partial charge in [-0.25, -0.2) is 0 Å². The van der Waals surface area contributed by atoms with E-state index in [4.69, 9.17) is 0 Å². The number of anilines is 1. The molecule has 1 amide bonds. The topological polar surface area (TPSA) is 60.8 Å². The van der Waals surface area contributed by atoms with Gasteiger partial charge in [0.05, 0.1) is 12.0 Å². The second kappa shape index (κ2) is 6.56. The normalized spacial score (nSPS) is 13.4. The molecule has 24 heavy (non-hydrogen) atoms. The average molecular weight is 325 g/mol. The molecule has 4 heteroatoms. The molecular formula is C20H23NO3. The van der Waals surface area contributed by atoms with Crippen LogP contribution in [0.2, 0.25) is 0 Å². The van der Waals surface area contributed by atoms with Crippen molar-refractivity contribution in [3.05, 3.63) is 41.5 Å². The van der Waals surface area contributed by atoms with E-state index in [-0.39, 0.29) is 17.4 Å². The molecule has 0 spiro atoms. The number of likely N-dealkylation sites (N-methyl/N-ethyl adjacent to an activating group) is 1. The Morgan fingerprint density at radius 1 is 1.12 bits per heavy atom. The zero-order valence-corrected chi connectivity index (χ0v) is 14.2. The Balaban J connectivity index is 2.01. The Bertz CT molecular complexity index is 759. The maximum absolute atomic E-state index is 12.0. The highest BCUT2D eigenvalue weighted by molar-refractivity contribution is 6.04. The van der Waals surface area contributed by atoms with Crippen molar-refractivity contribution in [3.8, 4) is 22.6 Å². The number of carbonyl (C=O) groups is 1. The summed E-state index contributed by atoms with van der Waals surface area (Å²) in [6, 6.07) is 9.03. The van der Waals surface area contributed by atoms with E-state index < -0.39 is 0 Å². The molecule has 1 heterocycles. The minimum atomic E-state index is 0.0209. The van der Waals surface area contributed by atoms with Crippen LogP contribution in [0.1, 0.15) is 37.3 Å². The van der Waals surface area contributed by atoms with Gasteiger partial charge in [0, 0.05) is 12.7 Å². The molecule has 0 saturated heterocycles. The van der Waals surface area contributed by atoms with Crippen LogP contribution in [0, 0.1) is 0 Å². The standard InChI is InChI=1S/C20H23NO3/c1-3-4-5-7-13-10-17(22)20(18(23)11-13)14-8-6-9-16-15(14)12-19(24)21(16)2/h6,8-11,22-23H,3-5,7,12H2,1-2H3. The number of benzene rings is 2. The number of carbonyl (C=O) groups excluding carboxylic acids is 1. The van der Waals surface area contributed by atoms with Crippen LogP contribution < -0.4 is 4.90 Å². The summed E-state index contributed by atoms with van der Waals surface area (Å²) in [7, 11) is 1.74. The first-order valence-electron chi connectivity index (χ1n) is 8.46. The fourth-order valence-electron chi connectivity index (χ4n) is 3.38. The second-order valence-electron chi connectivity index (χ2n) is 6.40. The van der Waals surface area contributed by atoms with Gasteiger partial charge < -0.3 is 15.1 Å². The first-order chi connectivity index (χ1) is 11.5. The largest absolute Gasteiger partial charge is 0.507 e. The minimum absolute atomic E-state index is 0.0209. The number of nitrogens with zero attached hydrogens (tertiary/aromatic N) is 1. The van der Waals surface area contributed by atoms with E-state index in [9.17, 15) is 15.0 Å². The first kappa shape index (κ1) is 16.4. The Kier molecular flexibility index (Phi) is 4.47. The monoisotopic (exact) mass is 325 g/mol. The molecule has 126 valence electrons. The zero-order valence-electron chi connectivity index (χ0n) is 14.2. The second-order valence-corrected chi connectivity index (χ2v) is 6.40. The number of aryl methyl sites for hydroxylation is 1. The lowest BCUT2D eigenvalue weighted by molar-refractivity contribution is -0.117. The van der Waals surface area contributed by atoms with Gasteiger partial charge in [-0.3, -0.25) is 4.79 Å². The molecule has 3 rings (SSSR count). The van der Waals surface area contributed by atoms with Crippen LogP contribution in [-0.2, 0) is 17.6 Å². The minimum Gasteiger partial charge on any atom is -0.507 e. The van der Waals surface area contributed by atoms with E-state index in [1.807, 2.05) is 18.2 Å². The molecule has 0 saturated carbocycles. The number of fused-ring (bicyclic) bond motifs is 1. The van der Waals surface area contributed by atoms with Crippen LogP contribution in [0.3, 0.4) is 0 Å². The summed E-state index contributed by atoms with van der Waals surface area (Å²) < 4.78 is 0. The average Bonchev–Trinajstić information content (AvgIpc) is 2.83. The van der Waals surface area contributed by atoms with Crippen molar-refractivity contribution in [2.45, 2.75) is 39.0 Å². The maximum Gasteiger partial charge on any atom is 0.231 e. The Morgan fingerprint density at radius 3 is 2.50 bits per heavy atom. The summed E-state index contributed by atoms with van der Waals surface area (Å²) in [5.74, 6) is 0.154. The van der Waals surface area contributed by atoms with Crippen LogP contribution in [-0.4, -0.2) is 23.2 Å². The summed E-state index contributed by atoms with van der Waals surface area (Å²) in [6.45, 7) is 2.15. The van der Waals surface area contributed by atoms with Gasteiger partial charge in [-0.05, 0) is 47.7 Å². The smallest absolute Gasteiger partial charge is 0.231 e. The van der Waals surface area contributed by atoms with E-state index in [0.717, 1.165) is 48.1 Å². The van der Waals surface area contributed by atoms with E-state index in [1.54, 1.807) is 24.1 Å². The van der Waals surface area contributed by atoms with Gasteiger partial charge in [-0.15, -0.1) is 0 Å². The van der Waals surface area contributed by atoms with E-state index >= 15 is 0 Å². The number of amides is 1. The van der Waals surface area contributed by atoms with Gasteiger partial charge in [-0.1, -0.05) is 31.9 Å². The molecule has 0 bridgehead atoms. The third kappa shape index (κ3) is 2.84. The number of phenols is 2. The van der Waals surface area contributed by atoms with Gasteiger partial charge in [0.1, 0.15) is 11.5 Å². The van der Waals surface area contributed by atoms with Gasteiger partial charge in [0.2, 0.25) is 5.91 Å². The van der Waals surface area contributed by atoms with Crippen LogP contribution >= 0.6 is 0 Å². The zero-order chi connectivity index (χ0) is 17.3. The summed E-state index contributed by atoms with van der Waals surface area (Å²) >= 11 is 0. The maximum atomic E-state index is 12.0. The molecule has 0 aliphatic carbocycles. The highest BCUT2D eigenvalue weighted by Crippen LogP contribution is 2.44. The van der Waals surface area contributed by atoms with Crippen molar-refractivity contribution < 1.29 is 15.0 Å². The van der Waals surface area contributed by atoms with Crippen LogP contribution in [0.5, 0.6) is 11.5 Å². The molecule has 0 unspecified atom stereocenters. The molecule has 1 aliphatic rings. The number of unbranched alkanes of at least 4 members (excludes halogenated alkanes) is 2. The highest BCUT2D eigenvalue weighted by Gasteiger charge is 2.28. The molecule has 0 fully saturated rings. The molecule has 0 atom stereocenters. The van der Waals surface area contributed by atoms with Crippen molar-refractivity contribution in [1.82, 2.24) is 0 Å². The number of hydrogen-bond acceptors (Lipinski definition) is 3. The highest BCUT2D eigenvalue weighted by atomic mass is 16.3. The fourth-order valence-corrected chi connectivity index (χ4v) is 3.38. The lowest BCUT2D eigenvalue weighted by Gasteiger charge is -2.15. The van der Waals surface area contributed by atoms with Crippen molar-refractivity contribution >= 4 is 11.6 Å². The van der Waals surface area contributed by atoms with Crippen molar-refractivity contribution in [1.29, 1.82) is 0 Å². The molecule has 2 aromatic rings. The third-order valence-electron chi connectivity index (χ3n) is 4.71. The van der Waals surface area contributed by atoms with E-state index in [0.29, 0.717) is 12.0 Å². The van der Waals surface area contributed by atoms with Crippen molar-refractivity contribution in [2.75, 3.05) is 11.9 Å². The Labute approximate surface area is 142 Å². The fraction of sp³-hybridized carbons (Fsp3) is 0.350. The number of rotatable bonds is 5. The molecular weight excluding hydrogens is 302 g/mol. The number of aromatic hydroxyl groups is 2. The molecule has 2 aromatic carbocycles.